The molecule has 0 unspecified atom stereocenters. The lowest BCUT2D eigenvalue weighted by atomic mass is 9.87. The predicted octanol–water partition coefficient (Wildman–Crippen LogP) is 2.93. The number of rotatable bonds is 2. The maximum Gasteiger partial charge on any atom is 0.343 e. The zero-order chi connectivity index (χ0) is 17.5. The van der Waals surface area contributed by atoms with Crippen LogP contribution in [0.1, 0.15) is 21.5 Å². The Balaban J connectivity index is 1.72. The van der Waals surface area contributed by atoms with Gasteiger partial charge in [-0.2, -0.15) is 0 Å². The second-order valence-corrected chi connectivity index (χ2v) is 6.46. The van der Waals surface area contributed by atoms with Gasteiger partial charge in [0, 0.05) is 11.6 Å². The molecular weight excluding hydrogens is 324 g/mol. The molecule has 3 nitrogen and oxygen atoms in total. The van der Waals surface area contributed by atoms with E-state index in [1.54, 1.807) is 12.1 Å². The van der Waals surface area contributed by atoms with E-state index in [1.165, 1.54) is 11.1 Å². The van der Waals surface area contributed by atoms with E-state index >= 15 is 0 Å². The molecule has 0 amide bonds. The Labute approximate surface area is 150 Å². The van der Waals surface area contributed by atoms with Crippen molar-refractivity contribution in [2.75, 3.05) is 0 Å². The Morgan fingerprint density at radius 3 is 2.65 bits per heavy atom. The average molecular weight is 340 g/mol. The van der Waals surface area contributed by atoms with Crippen LogP contribution in [0, 0.1) is 0 Å². The topological polar surface area (TPSA) is 35.5 Å². The minimum absolute atomic E-state index is 0.353. The van der Waals surface area contributed by atoms with Crippen molar-refractivity contribution in [3.05, 3.63) is 100.0 Å². The van der Waals surface area contributed by atoms with Gasteiger partial charge in [0.15, 0.2) is 0 Å². The fourth-order valence-corrected chi connectivity index (χ4v) is 3.64. The zero-order valence-corrected chi connectivity index (χ0v) is 14.1. The summed E-state index contributed by atoms with van der Waals surface area (Å²) in [5.41, 5.74) is 3.00. The summed E-state index contributed by atoms with van der Waals surface area (Å²) < 4.78 is 11.5. The van der Waals surface area contributed by atoms with Crippen LogP contribution in [0.3, 0.4) is 0 Å². The molecule has 7 rings (SSSR count). The van der Waals surface area contributed by atoms with E-state index in [2.05, 4.69) is 12.1 Å². The van der Waals surface area contributed by atoms with Gasteiger partial charge in [-0.3, -0.25) is 0 Å². The second kappa shape index (κ2) is 5.88. The van der Waals surface area contributed by atoms with E-state index in [1.807, 2.05) is 48.6 Å². The number of benzene rings is 2. The molecule has 2 aliphatic heterocycles. The molecule has 5 aliphatic rings. The number of carbonyl (C=O) groups excluding carboxylic acids is 1. The summed E-state index contributed by atoms with van der Waals surface area (Å²) in [4.78, 5) is 12.6. The lowest BCUT2D eigenvalue weighted by molar-refractivity contribution is 0.0691. The van der Waals surface area contributed by atoms with E-state index in [0.29, 0.717) is 11.3 Å². The molecule has 126 valence electrons. The Bertz CT molecular complexity index is 1130. The molecule has 3 heteroatoms. The van der Waals surface area contributed by atoms with Gasteiger partial charge in [-0.25, -0.2) is 4.79 Å². The molecule has 2 aromatic carbocycles. The Hall–Kier alpha value is -3.33. The number of carbonyl (C=O) groups is 1. The monoisotopic (exact) mass is 340 g/mol. The molecule has 0 saturated carbocycles. The van der Waals surface area contributed by atoms with E-state index < -0.39 is 0 Å². The van der Waals surface area contributed by atoms with Crippen LogP contribution in [0.15, 0.2) is 72.9 Å². The van der Waals surface area contributed by atoms with Crippen LogP contribution in [-0.4, -0.2) is 5.97 Å². The maximum atomic E-state index is 12.6. The van der Waals surface area contributed by atoms with Crippen LogP contribution >= 0.6 is 0 Å². The standard InChI is InChI=1S/C23H16O3/c24-23(15-9-5-4-6-10-15)26-18-12-8-3-1-2-7-11-17-16-13-19-22(21(17)18)20(14-16)25-19/h1-10,12-13H,11,14H2/b3-1+,7-2-,12-8+,21-18-. The van der Waals surface area contributed by atoms with E-state index in [-0.39, 0.29) is 5.97 Å². The first-order valence-corrected chi connectivity index (χ1v) is 8.68. The highest BCUT2D eigenvalue weighted by atomic mass is 16.5. The van der Waals surface area contributed by atoms with Crippen LogP contribution in [-0.2, 0) is 17.6 Å². The third-order valence-corrected chi connectivity index (χ3v) is 4.85. The molecule has 2 heterocycles. The number of hydrogen-bond donors (Lipinski definition) is 0. The van der Waals surface area contributed by atoms with Crippen molar-refractivity contribution in [2.24, 2.45) is 0 Å². The third-order valence-electron chi connectivity index (χ3n) is 4.85. The summed E-state index contributed by atoms with van der Waals surface area (Å²) in [7, 11) is 0. The van der Waals surface area contributed by atoms with Gasteiger partial charge in [-0.15, -0.1) is 0 Å². The fourth-order valence-electron chi connectivity index (χ4n) is 3.64. The van der Waals surface area contributed by atoms with Crippen molar-refractivity contribution in [3.63, 3.8) is 0 Å². The van der Waals surface area contributed by atoms with E-state index in [4.69, 9.17) is 9.47 Å². The summed E-state index contributed by atoms with van der Waals surface area (Å²) in [6, 6.07) is 11.2. The van der Waals surface area contributed by atoms with Crippen molar-refractivity contribution in [2.45, 2.75) is 12.8 Å². The second-order valence-electron chi connectivity index (χ2n) is 6.46. The summed E-state index contributed by atoms with van der Waals surface area (Å²) in [5, 5.41) is 2.08. The third kappa shape index (κ3) is 2.32. The van der Waals surface area contributed by atoms with Gasteiger partial charge in [0.05, 0.1) is 10.8 Å². The maximum absolute atomic E-state index is 12.6. The quantitative estimate of drug-likeness (QED) is 0.789. The Kier molecular flexibility index (Phi) is 3.39. The van der Waals surface area contributed by atoms with Crippen LogP contribution in [0.25, 0.3) is 11.5 Å². The van der Waals surface area contributed by atoms with Crippen LogP contribution in [0.5, 0.6) is 5.75 Å². The van der Waals surface area contributed by atoms with Crippen molar-refractivity contribution in [3.8, 4) is 5.75 Å². The SMILES string of the molecule is O=C(OC1=c2\c(c3cc4c2=C(C3)O4)C\C=C/C=C/C=C/1)c1ccccc1. The number of ether oxygens (including phenoxy) is 2. The normalized spacial score (nSPS) is 21.8. The number of allylic oxidation sites excluding steroid dienone is 5. The lowest BCUT2D eigenvalue weighted by Gasteiger charge is -2.30. The molecule has 2 aromatic rings. The van der Waals surface area contributed by atoms with Crippen LogP contribution in [0.2, 0.25) is 0 Å². The van der Waals surface area contributed by atoms with E-state index in [0.717, 1.165) is 34.8 Å². The van der Waals surface area contributed by atoms with Crippen LogP contribution < -0.4 is 15.2 Å². The molecule has 0 N–H and O–H groups in total. The molecule has 3 aliphatic carbocycles. The first-order valence-electron chi connectivity index (χ1n) is 8.68. The lowest BCUT2D eigenvalue weighted by Crippen LogP contribution is -2.46. The van der Waals surface area contributed by atoms with Crippen molar-refractivity contribution < 1.29 is 14.3 Å². The molecule has 26 heavy (non-hydrogen) atoms. The molecule has 0 radical (unpaired) electrons. The van der Waals surface area contributed by atoms with Gasteiger partial charge in [0.25, 0.3) is 0 Å². The van der Waals surface area contributed by atoms with Crippen molar-refractivity contribution in [1.82, 2.24) is 0 Å². The smallest absolute Gasteiger partial charge is 0.343 e. The fraction of sp³-hybridized carbons (Fsp3) is 0.0870. The first-order chi connectivity index (χ1) is 12.8. The highest BCUT2D eigenvalue weighted by molar-refractivity contribution is 5.92. The van der Waals surface area contributed by atoms with Gasteiger partial charge < -0.3 is 9.47 Å². The molecule has 0 atom stereocenters. The Morgan fingerprint density at radius 1 is 1.00 bits per heavy atom. The molecule has 4 bridgehead atoms. The largest absolute Gasteiger partial charge is 0.460 e. The predicted molar refractivity (Wildman–Crippen MR) is 99.8 cm³/mol. The van der Waals surface area contributed by atoms with Crippen LogP contribution in [0.4, 0.5) is 0 Å². The summed E-state index contributed by atoms with van der Waals surface area (Å²) >= 11 is 0. The zero-order valence-electron chi connectivity index (χ0n) is 14.1. The molecular formula is C23H16O3. The van der Waals surface area contributed by atoms with Gasteiger partial charge >= 0.3 is 5.97 Å². The number of esters is 1. The van der Waals surface area contributed by atoms with E-state index in [9.17, 15) is 4.79 Å². The van der Waals surface area contributed by atoms with Gasteiger partial charge in [0.2, 0.25) is 0 Å². The summed E-state index contributed by atoms with van der Waals surface area (Å²) in [5.74, 6) is 2.09. The van der Waals surface area contributed by atoms with Gasteiger partial charge in [0.1, 0.15) is 17.3 Å². The summed E-state index contributed by atoms with van der Waals surface area (Å²) in [6.07, 6.45) is 13.5. The van der Waals surface area contributed by atoms with Gasteiger partial charge in [-0.1, -0.05) is 48.6 Å². The minimum Gasteiger partial charge on any atom is -0.460 e. The van der Waals surface area contributed by atoms with Crippen molar-refractivity contribution >= 4 is 17.5 Å². The Morgan fingerprint density at radius 2 is 1.85 bits per heavy atom. The van der Waals surface area contributed by atoms with Crippen molar-refractivity contribution in [1.29, 1.82) is 0 Å². The highest BCUT2D eigenvalue weighted by Crippen LogP contribution is 2.31. The molecule has 0 spiro atoms. The minimum atomic E-state index is -0.353. The molecule has 0 fully saturated rings. The summed E-state index contributed by atoms with van der Waals surface area (Å²) in [6.45, 7) is 0. The number of hydrogen-bond acceptors (Lipinski definition) is 3. The average Bonchev–Trinajstić information content (AvgIpc) is 2.68. The molecule has 0 aromatic heterocycles. The first kappa shape index (κ1) is 15.0. The van der Waals surface area contributed by atoms with Gasteiger partial charge in [-0.05, 0) is 41.8 Å². The highest BCUT2D eigenvalue weighted by Gasteiger charge is 2.30. The molecule has 0 saturated heterocycles.